The van der Waals surface area contributed by atoms with Crippen molar-refractivity contribution in [2.75, 3.05) is 11.9 Å². The molecule has 1 fully saturated rings. The maximum absolute atomic E-state index is 13.5. The number of hydrogen-bond acceptors (Lipinski definition) is 6. The van der Waals surface area contributed by atoms with E-state index in [0.29, 0.717) is 16.6 Å². The lowest BCUT2D eigenvalue weighted by atomic mass is 9.89. The Morgan fingerprint density at radius 1 is 0.951 bits per heavy atom. The molecule has 6 rings (SSSR count). The van der Waals surface area contributed by atoms with Crippen molar-refractivity contribution in [2.24, 2.45) is 5.92 Å². The van der Waals surface area contributed by atoms with Gasteiger partial charge in [-0.15, -0.1) is 0 Å². The van der Waals surface area contributed by atoms with Crippen LogP contribution in [0, 0.1) is 11.7 Å². The minimum Gasteiger partial charge on any atom is -0.487 e. The van der Waals surface area contributed by atoms with Gasteiger partial charge in [-0.1, -0.05) is 43.0 Å². The van der Waals surface area contributed by atoms with Gasteiger partial charge in [0, 0.05) is 16.6 Å². The standard InChI is InChI=1S/C33H32ClFN4O2/c34-29-17-26(10-13-32(29)40-20-23-7-4-8-25(35)15-23)39-33-28-16-24(9-12-30(28)37-21-38-33)31-14-11-27(41-31)19-36-18-22-5-2-1-3-6-22/h4,7-17,21-22,36H,1-3,5-6,18-20H2,(H,37,38,39). The fraction of sp³-hybridized carbons (Fsp3) is 0.273. The first-order valence-corrected chi connectivity index (χ1v) is 14.5. The van der Waals surface area contributed by atoms with Crippen molar-refractivity contribution < 1.29 is 13.5 Å². The van der Waals surface area contributed by atoms with Gasteiger partial charge in [0.1, 0.15) is 41.8 Å². The predicted molar refractivity (Wildman–Crippen MR) is 161 cm³/mol. The van der Waals surface area contributed by atoms with Crippen LogP contribution in [0.15, 0.2) is 83.5 Å². The summed E-state index contributed by atoms with van der Waals surface area (Å²) < 4.78 is 25.5. The van der Waals surface area contributed by atoms with E-state index in [-0.39, 0.29) is 12.4 Å². The van der Waals surface area contributed by atoms with Crippen molar-refractivity contribution in [3.63, 3.8) is 0 Å². The number of furan rings is 1. The van der Waals surface area contributed by atoms with Crippen LogP contribution in [0.4, 0.5) is 15.9 Å². The number of halogens is 2. The van der Waals surface area contributed by atoms with Gasteiger partial charge in [0.2, 0.25) is 0 Å². The van der Waals surface area contributed by atoms with Crippen LogP contribution in [0.25, 0.3) is 22.2 Å². The molecule has 210 valence electrons. The molecule has 6 nitrogen and oxygen atoms in total. The summed E-state index contributed by atoms with van der Waals surface area (Å²) >= 11 is 6.51. The van der Waals surface area contributed by atoms with E-state index in [2.05, 4.69) is 20.6 Å². The second kappa shape index (κ2) is 12.7. The van der Waals surface area contributed by atoms with E-state index >= 15 is 0 Å². The molecule has 41 heavy (non-hydrogen) atoms. The first kappa shape index (κ1) is 27.2. The van der Waals surface area contributed by atoms with Crippen molar-refractivity contribution in [1.82, 2.24) is 15.3 Å². The molecule has 0 unspecified atom stereocenters. The molecule has 0 amide bonds. The first-order valence-electron chi connectivity index (χ1n) is 14.1. The fourth-order valence-electron chi connectivity index (χ4n) is 5.35. The molecule has 2 heterocycles. The van der Waals surface area contributed by atoms with Gasteiger partial charge in [-0.25, -0.2) is 14.4 Å². The topological polar surface area (TPSA) is 72.2 Å². The molecule has 0 spiro atoms. The molecular formula is C33H32ClFN4O2. The van der Waals surface area contributed by atoms with Gasteiger partial charge in [0.25, 0.3) is 0 Å². The summed E-state index contributed by atoms with van der Waals surface area (Å²) in [5.41, 5.74) is 3.25. The minimum atomic E-state index is -0.300. The predicted octanol–water partition coefficient (Wildman–Crippen LogP) is 8.67. The summed E-state index contributed by atoms with van der Waals surface area (Å²) in [5.74, 6) is 3.38. The van der Waals surface area contributed by atoms with Crippen LogP contribution < -0.4 is 15.4 Å². The Morgan fingerprint density at radius 2 is 1.85 bits per heavy atom. The zero-order valence-electron chi connectivity index (χ0n) is 22.7. The van der Waals surface area contributed by atoms with Crippen LogP contribution in [0.3, 0.4) is 0 Å². The van der Waals surface area contributed by atoms with Crippen LogP contribution in [-0.2, 0) is 13.2 Å². The molecule has 3 aromatic carbocycles. The van der Waals surface area contributed by atoms with Crippen LogP contribution in [-0.4, -0.2) is 16.5 Å². The number of anilines is 2. The number of hydrogen-bond donors (Lipinski definition) is 2. The van der Waals surface area contributed by atoms with Gasteiger partial charge >= 0.3 is 0 Å². The largest absolute Gasteiger partial charge is 0.487 e. The van der Waals surface area contributed by atoms with Crippen LogP contribution >= 0.6 is 11.6 Å². The van der Waals surface area contributed by atoms with Crippen molar-refractivity contribution >= 4 is 34.0 Å². The highest BCUT2D eigenvalue weighted by Gasteiger charge is 2.14. The van der Waals surface area contributed by atoms with Gasteiger partial charge in [-0.05, 0) is 91.5 Å². The third kappa shape index (κ3) is 6.87. The third-order valence-corrected chi connectivity index (χ3v) is 7.81. The zero-order chi connectivity index (χ0) is 28.0. The Labute approximate surface area is 243 Å². The summed E-state index contributed by atoms with van der Waals surface area (Å²) in [6, 6.07) is 21.8. The summed E-state index contributed by atoms with van der Waals surface area (Å²) in [5, 5.41) is 8.23. The molecule has 0 saturated heterocycles. The SMILES string of the molecule is Fc1cccc(COc2ccc(Nc3ncnc4ccc(-c5ccc(CNCC6CCCCC6)o5)cc34)cc2Cl)c1. The molecule has 0 aliphatic heterocycles. The average molecular weight is 571 g/mol. The molecule has 0 bridgehead atoms. The molecule has 2 aromatic heterocycles. The van der Waals surface area contributed by atoms with Gasteiger partial charge in [-0.3, -0.25) is 0 Å². The molecule has 1 aliphatic rings. The Morgan fingerprint density at radius 3 is 2.71 bits per heavy atom. The van der Waals surface area contributed by atoms with Crippen LogP contribution in [0.2, 0.25) is 5.02 Å². The van der Waals surface area contributed by atoms with Crippen LogP contribution in [0.1, 0.15) is 43.4 Å². The Bertz CT molecular complexity index is 1630. The van der Waals surface area contributed by atoms with Gasteiger partial charge < -0.3 is 19.8 Å². The molecule has 0 atom stereocenters. The average Bonchev–Trinajstić information content (AvgIpc) is 3.46. The number of aromatic nitrogens is 2. The summed E-state index contributed by atoms with van der Waals surface area (Å²) in [6.07, 6.45) is 8.26. The molecule has 1 saturated carbocycles. The maximum Gasteiger partial charge on any atom is 0.141 e. The van der Waals surface area contributed by atoms with Crippen molar-refractivity contribution in [3.8, 4) is 17.1 Å². The number of benzene rings is 3. The smallest absolute Gasteiger partial charge is 0.141 e. The summed E-state index contributed by atoms with van der Waals surface area (Å²) in [6.45, 7) is 1.99. The van der Waals surface area contributed by atoms with Gasteiger partial charge in [0.15, 0.2) is 0 Å². The van der Waals surface area contributed by atoms with E-state index in [1.807, 2.05) is 36.4 Å². The monoisotopic (exact) mass is 570 g/mol. The number of nitrogens with zero attached hydrogens (tertiary/aromatic N) is 2. The van der Waals surface area contributed by atoms with E-state index in [4.69, 9.17) is 20.8 Å². The maximum atomic E-state index is 13.5. The lowest BCUT2D eigenvalue weighted by Gasteiger charge is -2.21. The highest BCUT2D eigenvalue weighted by molar-refractivity contribution is 6.32. The van der Waals surface area contributed by atoms with Gasteiger partial charge in [0.05, 0.1) is 17.1 Å². The quantitative estimate of drug-likeness (QED) is 0.175. The molecule has 1 aliphatic carbocycles. The van der Waals surface area contributed by atoms with Crippen molar-refractivity contribution in [3.05, 3.63) is 101 Å². The number of ether oxygens (including phenoxy) is 1. The number of fused-ring (bicyclic) bond motifs is 1. The lowest BCUT2D eigenvalue weighted by molar-refractivity contribution is 0.306. The van der Waals surface area contributed by atoms with E-state index in [0.717, 1.165) is 58.2 Å². The van der Waals surface area contributed by atoms with Crippen molar-refractivity contribution in [1.29, 1.82) is 0 Å². The van der Waals surface area contributed by atoms with E-state index in [1.165, 1.54) is 50.6 Å². The lowest BCUT2D eigenvalue weighted by Crippen LogP contribution is -2.23. The number of nitrogens with one attached hydrogen (secondary N) is 2. The highest BCUT2D eigenvalue weighted by atomic mass is 35.5. The van der Waals surface area contributed by atoms with Gasteiger partial charge in [-0.2, -0.15) is 0 Å². The summed E-state index contributed by atoms with van der Waals surface area (Å²) in [7, 11) is 0. The Kier molecular flexibility index (Phi) is 8.44. The molecule has 8 heteroatoms. The fourth-order valence-corrected chi connectivity index (χ4v) is 5.58. The minimum absolute atomic E-state index is 0.217. The summed E-state index contributed by atoms with van der Waals surface area (Å²) in [4.78, 5) is 8.93. The third-order valence-electron chi connectivity index (χ3n) is 7.52. The van der Waals surface area contributed by atoms with E-state index in [1.54, 1.807) is 24.3 Å². The molecule has 0 radical (unpaired) electrons. The van der Waals surface area contributed by atoms with Crippen LogP contribution in [0.5, 0.6) is 5.75 Å². The number of rotatable bonds is 10. The van der Waals surface area contributed by atoms with E-state index in [9.17, 15) is 4.39 Å². The second-order valence-electron chi connectivity index (χ2n) is 10.5. The Balaban J connectivity index is 1.13. The van der Waals surface area contributed by atoms with Crippen molar-refractivity contribution in [2.45, 2.75) is 45.3 Å². The molecular weight excluding hydrogens is 539 g/mol. The van der Waals surface area contributed by atoms with E-state index < -0.39 is 0 Å². The Hall–Kier alpha value is -3.94. The second-order valence-corrected chi connectivity index (χ2v) is 11.0. The highest BCUT2D eigenvalue weighted by Crippen LogP contribution is 2.33. The first-order chi connectivity index (χ1) is 20.1. The normalized spacial score (nSPS) is 13.9. The zero-order valence-corrected chi connectivity index (χ0v) is 23.5. The molecule has 2 N–H and O–H groups in total. The molecule has 5 aromatic rings.